The molecule has 3 heteroatoms. The van der Waals surface area contributed by atoms with E-state index in [1.165, 1.54) is 0 Å². The first-order valence-corrected chi connectivity index (χ1v) is 6.41. The Hall–Kier alpha value is -0.540. The molecule has 0 aliphatic carbocycles. The van der Waals surface area contributed by atoms with Gasteiger partial charge in [0.1, 0.15) is 5.75 Å². The molecule has 0 saturated heterocycles. The summed E-state index contributed by atoms with van der Waals surface area (Å²) in [4.78, 5) is 0. The van der Waals surface area contributed by atoms with Crippen LogP contribution in [0.1, 0.15) is 26.7 Å². The van der Waals surface area contributed by atoms with E-state index < -0.39 is 0 Å². The van der Waals surface area contributed by atoms with Crippen molar-refractivity contribution in [3.63, 3.8) is 0 Å². The fourth-order valence-electron chi connectivity index (χ4n) is 1.37. The minimum atomic E-state index is 0.225. The fraction of sp³-hybridized carbons (Fsp3) is 0.538. The van der Waals surface area contributed by atoms with E-state index in [1.54, 1.807) is 0 Å². The highest BCUT2D eigenvalue weighted by atomic mass is 79.9. The van der Waals surface area contributed by atoms with Gasteiger partial charge in [0.2, 0.25) is 0 Å². The van der Waals surface area contributed by atoms with Crippen molar-refractivity contribution in [2.45, 2.75) is 26.7 Å². The number of halogens is 1. The maximum absolute atomic E-state index is 5.67. The van der Waals surface area contributed by atoms with Crippen LogP contribution in [0.5, 0.6) is 5.75 Å². The topological polar surface area (TPSA) is 35.2 Å². The Morgan fingerprint density at radius 2 is 1.88 bits per heavy atom. The van der Waals surface area contributed by atoms with E-state index in [9.17, 15) is 0 Å². The number of hydrogen-bond donors (Lipinski definition) is 1. The molecule has 0 fully saturated rings. The van der Waals surface area contributed by atoms with E-state index >= 15 is 0 Å². The van der Waals surface area contributed by atoms with Gasteiger partial charge in [-0.25, -0.2) is 0 Å². The van der Waals surface area contributed by atoms with Crippen LogP contribution in [0.25, 0.3) is 0 Å². The summed E-state index contributed by atoms with van der Waals surface area (Å²) in [7, 11) is 0. The molecule has 0 bridgehead atoms. The van der Waals surface area contributed by atoms with Gasteiger partial charge in [-0.3, -0.25) is 0 Å². The van der Waals surface area contributed by atoms with E-state index in [-0.39, 0.29) is 5.41 Å². The second-order valence-corrected chi connectivity index (χ2v) is 5.69. The molecule has 0 aromatic heterocycles. The van der Waals surface area contributed by atoms with Crippen LogP contribution in [0.3, 0.4) is 0 Å². The highest BCUT2D eigenvalue weighted by Gasteiger charge is 2.14. The normalized spacial score (nSPS) is 11.5. The molecule has 0 amide bonds. The molecule has 0 aliphatic rings. The van der Waals surface area contributed by atoms with Gasteiger partial charge in [0.25, 0.3) is 0 Å². The number of ether oxygens (including phenoxy) is 1. The number of hydrogen-bond acceptors (Lipinski definition) is 2. The average molecular weight is 286 g/mol. The molecular formula is C13H20BrNO. The molecule has 0 unspecified atom stereocenters. The van der Waals surface area contributed by atoms with Gasteiger partial charge in [-0.1, -0.05) is 29.8 Å². The zero-order valence-electron chi connectivity index (χ0n) is 10.0. The molecule has 0 saturated carbocycles. The molecule has 0 radical (unpaired) electrons. The van der Waals surface area contributed by atoms with E-state index in [0.717, 1.165) is 36.2 Å². The van der Waals surface area contributed by atoms with Gasteiger partial charge >= 0.3 is 0 Å². The van der Waals surface area contributed by atoms with Crippen molar-refractivity contribution in [3.05, 3.63) is 28.7 Å². The molecule has 16 heavy (non-hydrogen) atoms. The van der Waals surface area contributed by atoms with E-state index in [1.807, 2.05) is 24.3 Å². The van der Waals surface area contributed by atoms with Crippen molar-refractivity contribution in [1.29, 1.82) is 0 Å². The van der Waals surface area contributed by atoms with Crippen molar-refractivity contribution in [1.82, 2.24) is 0 Å². The minimum Gasteiger partial charge on any atom is -0.494 e. The monoisotopic (exact) mass is 285 g/mol. The molecule has 1 aromatic carbocycles. The summed E-state index contributed by atoms with van der Waals surface area (Å²) < 4.78 is 6.71. The van der Waals surface area contributed by atoms with Crippen molar-refractivity contribution < 1.29 is 4.74 Å². The summed E-state index contributed by atoms with van der Waals surface area (Å²) in [5.74, 6) is 0.925. The molecule has 90 valence electrons. The van der Waals surface area contributed by atoms with Crippen LogP contribution in [0.15, 0.2) is 28.7 Å². The van der Waals surface area contributed by atoms with Gasteiger partial charge < -0.3 is 10.5 Å². The molecule has 2 N–H and O–H groups in total. The minimum absolute atomic E-state index is 0.225. The second-order valence-electron chi connectivity index (χ2n) is 4.77. The van der Waals surface area contributed by atoms with Crippen LogP contribution in [-0.2, 0) is 0 Å². The van der Waals surface area contributed by atoms with Crippen molar-refractivity contribution in [2.75, 3.05) is 13.2 Å². The molecule has 0 heterocycles. The lowest BCUT2D eigenvalue weighted by Crippen LogP contribution is -2.23. The molecule has 1 aromatic rings. The van der Waals surface area contributed by atoms with Gasteiger partial charge in [-0.05, 0) is 49.1 Å². The summed E-state index contributed by atoms with van der Waals surface area (Å²) in [6.07, 6.45) is 2.14. The number of nitrogens with two attached hydrogens (primary N) is 1. The predicted molar refractivity (Wildman–Crippen MR) is 71.7 cm³/mol. The van der Waals surface area contributed by atoms with E-state index in [4.69, 9.17) is 10.5 Å². The second kappa shape index (κ2) is 6.26. The maximum Gasteiger partial charge on any atom is 0.119 e. The first kappa shape index (κ1) is 13.5. The summed E-state index contributed by atoms with van der Waals surface area (Å²) in [5, 5.41) is 0. The molecule has 1 rings (SSSR count). The number of rotatable bonds is 6. The summed E-state index contributed by atoms with van der Waals surface area (Å²) in [5.41, 5.74) is 5.90. The molecular weight excluding hydrogens is 266 g/mol. The van der Waals surface area contributed by atoms with Gasteiger partial charge in [0, 0.05) is 4.47 Å². The highest BCUT2D eigenvalue weighted by Crippen LogP contribution is 2.21. The van der Waals surface area contributed by atoms with Crippen molar-refractivity contribution in [2.24, 2.45) is 11.1 Å². The lowest BCUT2D eigenvalue weighted by molar-refractivity contribution is 0.261. The van der Waals surface area contributed by atoms with Crippen molar-refractivity contribution >= 4 is 15.9 Å². The molecule has 0 aliphatic heterocycles. The third-order valence-corrected chi connectivity index (χ3v) is 3.16. The summed E-state index contributed by atoms with van der Waals surface area (Å²) >= 11 is 3.39. The molecule has 2 nitrogen and oxygen atoms in total. The smallest absolute Gasteiger partial charge is 0.119 e. The average Bonchev–Trinajstić information content (AvgIpc) is 2.27. The zero-order valence-corrected chi connectivity index (χ0v) is 11.6. The molecule has 0 atom stereocenters. The highest BCUT2D eigenvalue weighted by molar-refractivity contribution is 9.10. The van der Waals surface area contributed by atoms with Crippen LogP contribution >= 0.6 is 15.9 Å². The van der Waals surface area contributed by atoms with E-state index in [0.29, 0.717) is 0 Å². The Bertz CT molecular complexity index is 308. The first-order chi connectivity index (χ1) is 7.53. The van der Waals surface area contributed by atoms with Crippen LogP contribution in [0.4, 0.5) is 0 Å². The van der Waals surface area contributed by atoms with Gasteiger partial charge in [-0.2, -0.15) is 0 Å². The predicted octanol–water partition coefficient (Wildman–Crippen LogP) is 3.59. The quantitative estimate of drug-likeness (QED) is 0.811. The summed E-state index contributed by atoms with van der Waals surface area (Å²) in [6.45, 7) is 5.86. The Balaban J connectivity index is 2.23. The molecule has 0 spiro atoms. The van der Waals surface area contributed by atoms with Crippen LogP contribution in [0, 0.1) is 5.41 Å². The third kappa shape index (κ3) is 4.99. The van der Waals surface area contributed by atoms with Crippen molar-refractivity contribution in [3.8, 4) is 5.75 Å². The SMILES string of the molecule is CC(C)(CN)CCCOc1ccc(Br)cc1. The lowest BCUT2D eigenvalue weighted by Gasteiger charge is -2.21. The fourth-order valence-corrected chi connectivity index (χ4v) is 1.64. The standard InChI is InChI=1S/C13H20BrNO/c1-13(2,10-15)8-3-9-16-12-6-4-11(14)5-7-12/h4-7H,3,8-10,15H2,1-2H3. The Morgan fingerprint density at radius 1 is 1.25 bits per heavy atom. The Labute approximate surface area is 106 Å². The van der Waals surface area contributed by atoms with E-state index in [2.05, 4.69) is 29.8 Å². The maximum atomic E-state index is 5.67. The van der Waals surface area contributed by atoms with Gasteiger partial charge in [0.05, 0.1) is 6.61 Å². The third-order valence-electron chi connectivity index (χ3n) is 2.63. The van der Waals surface area contributed by atoms with Crippen LogP contribution in [-0.4, -0.2) is 13.2 Å². The van der Waals surface area contributed by atoms with Gasteiger partial charge in [0.15, 0.2) is 0 Å². The Morgan fingerprint density at radius 3 is 2.44 bits per heavy atom. The largest absolute Gasteiger partial charge is 0.494 e. The summed E-state index contributed by atoms with van der Waals surface area (Å²) in [6, 6.07) is 7.91. The van der Waals surface area contributed by atoms with Gasteiger partial charge in [-0.15, -0.1) is 0 Å². The first-order valence-electron chi connectivity index (χ1n) is 5.62. The lowest BCUT2D eigenvalue weighted by atomic mass is 9.88. The Kier molecular flexibility index (Phi) is 5.29. The van der Waals surface area contributed by atoms with Crippen LogP contribution < -0.4 is 10.5 Å². The van der Waals surface area contributed by atoms with Crippen LogP contribution in [0.2, 0.25) is 0 Å². The zero-order chi connectivity index (χ0) is 12.0. The number of benzene rings is 1.